The number of methoxy groups -OCH3 is 2. The molecule has 3 rings (SSSR count). The second-order valence-electron chi connectivity index (χ2n) is 7.08. The second-order valence-corrected chi connectivity index (χ2v) is 7.08. The lowest BCUT2D eigenvalue weighted by molar-refractivity contribution is -0.140. The van der Waals surface area contributed by atoms with Crippen LogP contribution in [0.5, 0.6) is 0 Å². The van der Waals surface area contributed by atoms with Gasteiger partial charge in [0.1, 0.15) is 12.4 Å². The largest absolute Gasteiger partial charge is 0.466 e. The van der Waals surface area contributed by atoms with Crippen molar-refractivity contribution in [3.05, 3.63) is 70.4 Å². The quantitative estimate of drug-likeness (QED) is 0.522. The highest BCUT2D eigenvalue weighted by molar-refractivity contribution is 6.06. The van der Waals surface area contributed by atoms with Crippen LogP contribution in [0.1, 0.15) is 21.5 Å². The molecule has 168 valence electrons. The number of hydrazine groups is 1. The topological polar surface area (TPSA) is 106 Å². The molecule has 1 heterocycles. The average Bonchev–Trinajstić information content (AvgIpc) is 2.82. The fourth-order valence-electron chi connectivity index (χ4n) is 3.43. The van der Waals surface area contributed by atoms with Crippen LogP contribution in [0.2, 0.25) is 0 Å². The SMILES string of the molecule is COC(=O)C1=C(C(=O)OC)N(c2ccccc2C(=O)NNc2c(C)cccc2C)COC1. The predicted octanol–water partition coefficient (Wildman–Crippen LogP) is 2.45. The van der Waals surface area contributed by atoms with Gasteiger partial charge in [-0.15, -0.1) is 0 Å². The summed E-state index contributed by atoms with van der Waals surface area (Å²) in [5.74, 6) is -1.89. The summed E-state index contributed by atoms with van der Waals surface area (Å²) in [7, 11) is 2.43. The Kier molecular flexibility index (Phi) is 7.11. The van der Waals surface area contributed by atoms with Gasteiger partial charge in [-0.05, 0) is 37.1 Å². The maximum Gasteiger partial charge on any atom is 0.355 e. The molecule has 1 amide bonds. The van der Waals surface area contributed by atoms with E-state index in [1.165, 1.54) is 19.1 Å². The number of hydrogen-bond donors (Lipinski definition) is 2. The molecule has 2 N–H and O–H groups in total. The van der Waals surface area contributed by atoms with E-state index in [9.17, 15) is 14.4 Å². The maximum absolute atomic E-state index is 13.1. The number of para-hydroxylation sites is 2. The monoisotopic (exact) mass is 439 g/mol. The van der Waals surface area contributed by atoms with Crippen LogP contribution in [0.3, 0.4) is 0 Å². The van der Waals surface area contributed by atoms with Crippen molar-refractivity contribution in [1.82, 2.24) is 5.43 Å². The first kappa shape index (κ1) is 22.8. The zero-order valence-electron chi connectivity index (χ0n) is 18.4. The van der Waals surface area contributed by atoms with Crippen LogP contribution >= 0.6 is 0 Å². The molecule has 0 atom stereocenters. The van der Waals surface area contributed by atoms with Crippen molar-refractivity contribution < 1.29 is 28.6 Å². The van der Waals surface area contributed by atoms with Crippen LogP contribution in [0, 0.1) is 13.8 Å². The molecule has 0 radical (unpaired) electrons. The first-order valence-electron chi connectivity index (χ1n) is 9.85. The van der Waals surface area contributed by atoms with Gasteiger partial charge in [0.15, 0.2) is 0 Å². The molecule has 1 aliphatic heterocycles. The van der Waals surface area contributed by atoms with Crippen LogP contribution in [0.15, 0.2) is 53.7 Å². The van der Waals surface area contributed by atoms with Gasteiger partial charge in [-0.1, -0.05) is 30.3 Å². The van der Waals surface area contributed by atoms with E-state index in [0.29, 0.717) is 5.69 Å². The summed E-state index contributed by atoms with van der Waals surface area (Å²) in [6.07, 6.45) is 0. The van der Waals surface area contributed by atoms with E-state index in [0.717, 1.165) is 16.8 Å². The fraction of sp³-hybridized carbons (Fsp3) is 0.261. The lowest BCUT2D eigenvalue weighted by atomic mass is 10.1. The molecule has 0 unspecified atom stereocenters. The molecular formula is C23H25N3O6. The number of nitrogens with one attached hydrogen (secondary N) is 2. The van der Waals surface area contributed by atoms with Crippen LogP contribution in [0.4, 0.5) is 11.4 Å². The average molecular weight is 439 g/mol. The standard InChI is InChI=1S/C23H25N3O6/c1-14-8-7-9-15(2)19(14)24-25-21(27)16-10-5-6-11-18(16)26-13-32-12-17(22(28)30-3)20(26)23(29)31-4/h5-11,24H,12-13H2,1-4H3,(H,25,27). The third-order valence-electron chi connectivity index (χ3n) is 5.05. The van der Waals surface area contributed by atoms with E-state index in [1.807, 2.05) is 32.0 Å². The Morgan fingerprint density at radius 3 is 2.25 bits per heavy atom. The van der Waals surface area contributed by atoms with E-state index in [2.05, 4.69) is 10.9 Å². The van der Waals surface area contributed by atoms with Crippen LogP contribution < -0.4 is 15.8 Å². The van der Waals surface area contributed by atoms with E-state index in [1.54, 1.807) is 24.3 Å². The molecule has 9 nitrogen and oxygen atoms in total. The first-order chi connectivity index (χ1) is 15.4. The molecule has 0 saturated heterocycles. The second kappa shape index (κ2) is 9.97. The minimum Gasteiger partial charge on any atom is -0.466 e. The summed E-state index contributed by atoms with van der Waals surface area (Å²) in [6.45, 7) is 3.69. The Balaban J connectivity index is 1.96. The smallest absolute Gasteiger partial charge is 0.355 e. The van der Waals surface area contributed by atoms with E-state index < -0.39 is 17.8 Å². The number of aryl methyl sites for hydroxylation is 2. The van der Waals surface area contributed by atoms with Gasteiger partial charge < -0.3 is 19.1 Å². The molecule has 1 aliphatic rings. The maximum atomic E-state index is 13.1. The van der Waals surface area contributed by atoms with Crippen molar-refractivity contribution in [3.8, 4) is 0 Å². The van der Waals surface area contributed by atoms with Crippen molar-refractivity contribution >= 4 is 29.2 Å². The van der Waals surface area contributed by atoms with Crippen molar-refractivity contribution in [2.24, 2.45) is 0 Å². The summed E-state index contributed by atoms with van der Waals surface area (Å²) >= 11 is 0. The van der Waals surface area contributed by atoms with Crippen molar-refractivity contribution in [3.63, 3.8) is 0 Å². The number of carbonyl (C=O) groups is 3. The Labute approximate surface area is 185 Å². The normalized spacial score (nSPS) is 13.4. The molecule has 0 spiro atoms. The molecule has 0 aliphatic carbocycles. The summed E-state index contributed by atoms with van der Waals surface area (Å²) in [5.41, 5.74) is 9.02. The minimum absolute atomic E-state index is 0.00877. The van der Waals surface area contributed by atoms with Gasteiger partial charge in [0, 0.05) is 0 Å². The lowest BCUT2D eigenvalue weighted by Crippen LogP contribution is -2.40. The summed E-state index contributed by atoms with van der Waals surface area (Å²) in [6, 6.07) is 12.5. The molecule has 0 fully saturated rings. The summed E-state index contributed by atoms with van der Waals surface area (Å²) in [5, 5.41) is 0. The van der Waals surface area contributed by atoms with Gasteiger partial charge in [-0.2, -0.15) is 0 Å². The van der Waals surface area contributed by atoms with Crippen LogP contribution in [0.25, 0.3) is 0 Å². The Hall–Kier alpha value is -3.85. The minimum atomic E-state index is -0.738. The van der Waals surface area contributed by atoms with Gasteiger partial charge in [0.25, 0.3) is 5.91 Å². The number of ether oxygens (including phenoxy) is 3. The number of nitrogens with zero attached hydrogens (tertiary/aromatic N) is 1. The molecule has 32 heavy (non-hydrogen) atoms. The number of hydrogen-bond acceptors (Lipinski definition) is 8. The lowest BCUT2D eigenvalue weighted by Gasteiger charge is -2.32. The van der Waals surface area contributed by atoms with E-state index in [4.69, 9.17) is 14.2 Å². The molecule has 0 bridgehead atoms. The van der Waals surface area contributed by atoms with Crippen molar-refractivity contribution in [2.45, 2.75) is 13.8 Å². The number of carbonyl (C=O) groups excluding carboxylic acids is 3. The van der Waals surface area contributed by atoms with Crippen molar-refractivity contribution in [1.29, 1.82) is 0 Å². The third-order valence-corrected chi connectivity index (χ3v) is 5.05. The molecule has 0 aromatic heterocycles. The molecule has 2 aromatic carbocycles. The first-order valence-corrected chi connectivity index (χ1v) is 9.85. The number of anilines is 2. The third kappa shape index (κ3) is 4.57. The van der Waals surface area contributed by atoms with Crippen LogP contribution in [-0.4, -0.2) is 45.4 Å². The zero-order valence-corrected chi connectivity index (χ0v) is 18.4. The Bertz CT molecular complexity index is 1060. The number of amides is 1. The predicted molar refractivity (Wildman–Crippen MR) is 118 cm³/mol. The Morgan fingerprint density at radius 1 is 0.938 bits per heavy atom. The van der Waals surface area contributed by atoms with Gasteiger partial charge in [0.2, 0.25) is 0 Å². The molecule has 0 saturated carbocycles. The van der Waals surface area contributed by atoms with Gasteiger partial charge in [0.05, 0.1) is 43.3 Å². The van der Waals surface area contributed by atoms with Crippen molar-refractivity contribution in [2.75, 3.05) is 37.9 Å². The highest BCUT2D eigenvalue weighted by atomic mass is 16.5. The van der Waals surface area contributed by atoms with Gasteiger partial charge >= 0.3 is 11.9 Å². The Morgan fingerprint density at radius 2 is 1.59 bits per heavy atom. The van der Waals surface area contributed by atoms with E-state index in [-0.39, 0.29) is 30.2 Å². The zero-order chi connectivity index (χ0) is 23.3. The number of rotatable bonds is 6. The molecular weight excluding hydrogens is 414 g/mol. The van der Waals surface area contributed by atoms with E-state index >= 15 is 0 Å². The fourth-order valence-corrected chi connectivity index (χ4v) is 3.43. The summed E-state index contributed by atoms with van der Waals surface area (Å²) in [4.78, 5) is 39.3. The highest BCUT2D eigenvalue weighted by Crippen LogP contribution is 2.29. The van der Waals surface area contributed by atoms with Crippen LogP contribution in [-0.2, 0) is 23.8 Å². The van der Waals surface area contributed by atoms with Gasteiger partial charge in [-0.3, -0.25) is 15.6 Å². The molecule has 2 aromatic rings. The van der Waals surface area contributed by atoms with Gasteiger partial charge in [-0.25, -0.2) is 9.59 Å². The number of benzene rings is 2. The number of esters is 2. The molecule has 9 heteroatoms. The highest BCUT2D eigenvalue weighted by Gasteiger charge is 2.34. The summed E-state index contributed by atoms with van der Waals surface area (Å²) < 4.78 is 15.2.